The molecule has 0 aliphatic heterocycles. The Hall–Kier alpha value is -0.890. The highest BCUT2D eigenvalue weighted by Gasteiger charge is 2.02. The highest BCUT2D eigenvalue weighted by Crippen LogP contribution is 2.20. The predicted octanol–water partition coefficient (Wildman–Crippen LogP) is 4.22. The Morgan fingerprint density at radius 2 is 2.21 bits per heavy atom. The number of aromatic nitrogens is 1. The fraction of sp³-hybridized carbons (Fsp3) is 0.250. The van der Waals surface area contributed by atoms with E-state index in [4.69, 9.17) is 0 Å². The zero-order valence-corrected chi connectivity index (χ0v) is 10.1. The van der Waals surface area contributed by atoms with Crippen LogP contribution in [0, 0.1) is 6.92 Å². The van der Waals surface area contributed by atoms with E-state index in [9.17, 15) is 0 Å². The van der Waals surface area contributed by atoms with Gasteiger partial charge in [0.1, 0.15) is 0 Å². The molecule has 1 nitrogen and oxygen atoms in total. The standard InChI is InChI=1S/C12H14BrN/c1-4-6-7-12-9(3)8-10(13)11(5-2)14-12/h5-8H,2,4H2,1,3H3/b7-6-. The first-order valence-corrected chi connectivity index (χ1v) is 5.44. The minimum Gasteiger partial charge on any atom is -0.248 e. The average Bonchev–Trinajstić information content (AvgIpc) is 2.17. The topological polar surface area (TPSA) is 12.9 Å². The third kappa shape index (κ3) is 2.55. The number of hydrogen-bond acceptors (Lipinski definition) is 1. The summed E-state index contributed by atoms with van der Waals surface area (Å²) in [6, 6.07) is 2.07. The molecule has 0 fully saturated rings. The summed E-state index contributed by atoms with van der Waals surface area (Å²) in [5, 5.41) is 0. The van der Waals surface area contributed by atoms with Gasteiger partial charge in [0.25, 0.3) is 0 Å². The van der Waals surface area contributed by atoms with Gasteiger partial charge in [0.2, 0.25) is 0 Å². The van der Waals surface area contributed by atoms with Crippen LogP contribution in [-0.2, 0) is 0 Å². The minimum absolute atomic E-state index is 0.895. The van der Waals surface area contributed by atoms with Crippen LogP contribution in [0.15, 0.2) is 23.2 Å². The van der Waals surface area contributed by atoms with Crippen LogP contribution < -0.4 is 0 Å². The second kappa shape index (κ2) is 5.11. The molecule has 0 N–H and O–H groups in total. The van der Waals surface area contributed by atoms with Crippen molar-refractivity contribution < 1.29 is 0 Å². The van der Waals surface area contributed by atoms with E-state index in [0.717, 1.165) is 22.3 Å². The van der Waals surface area contributed by atoms with Crippen molar-refractivity contribution in [3.8, 4) is 0 Å². The quantitative estimate of drug-likeness (QED) is 0.784. The molecule has 1 aromatic rings. The van der Waals surface area contributed by atoms with E-state index in [-0.39, 0.29) is 0 Å². The Kier molecular flexibility index (Phi) is 4.08. The smallest absolute Gasteiger partial charge is 0.0773 e. The van der Waals surface area contributed by atoms with Crippen LogP contribution in [0.1, 0.15) is 30.3 Å². The first-order valence-electron chi connectivity index (χ1n) is 4.65. The molecular formula is C12H14BrN. The minimum atomic E-state index is 0.895. The molecule has 0 bridgehead atoms. The number of aryl methyl sites for hydroxylation is 1. The summed E-state index contributed by atoms with van der Waals surface area (Å²) in [5.41, 5.74) is 3.09. The maximum absolute atomic E-state index is 4.48. The molecule has 0 aliphatic rings. The molecule has 1 heterocycles. The summed E-state index contributed by atoms with van der Waals surface area (Å²) in [5.74, 6) is 0. The van der Waals surface area contributed by atoms with E-state index in [1.54, 1.807) is 6.08 Å². The van der Waals surface area contributed by atoms with Gasteiger partial charge in [0.05, 0.1) is 11.4 Å². The van der Waals surface area contributed by atoms with Gasteiger partial charge in [-0.15, -0.1) is 0 Å². The Bertz CT molecular complexity index is 367. The van der Waals surface area contributed by atoms with Crippen LogP contribution in [0.5, 0.6) is 0 Å². The van der Waals surface area contributed by atoms with Gasteiger partial charge in [-0.3, -0.25) is 0 Å². The van der Waals surface area contributed by atoms with Crippen molar-refractivity contribution in [2.24, 2.45) is 0 Å². The highest BCUT2D eigenvalue weighted by molar-refractivity contribution is 9.10. The van der Waals surface area contributed by atoms with Crippen LogP contribution in [0.4, 0.5) is 0 Å². The lowest BCUT2D eigenvalue weighted by atomic mass is 10.2. The summed E-state index contributed by atoms with van der Waals surface area (Å²) in [7, 11) is 0. The van der Waals surface area contributed by atoms with Gasteiger partial charge >= 0.3 is 0 Å². The van der Waals surface area contributed by atoms with Gasteiger partial charge in [-0.25, -0.2) is 4.98 Å². The summed E-state index contributed by atoms with van der Waals surface area (Å²) < 4.78 is 0.999. The molecule has 74 valence electrons. The normalized spacial score (nSPS) is 10.8. The number of rotatable bonds is 3. The Morgan fingerprint density at radius 3 is 2.79 bits per heavy atom. The molecule has 0 saturated heterocycles. The van der Waals surface area contributed by atoms with Crippen molar-refractivity contribution in [3.63, 3.8) is 0 Å². The van der Waals surface area contributed by atoms with E-state index < -0.39 is 0 Å². The fourth-order valence-corrected chi connectivity index (χ4v) is 1.74. The fourth-order valence-electron chi connectivity index (χ4n) is 1.15. The van der Waals surface area contributed by atoms with Gasteiger partial charge in [-0.05, 0) is 53.1 Å². The van der Waals surface area contributed by atoms with Gasteiger partial charge in [-0.1, -0.05) is 19.6 Å². The van der Waals surface area contributed by atoms with Crippen molar-refractivity contribution in [1.29, 1.82) is 0 Å². The molecule has 0 unspecified atom stereocenters. The number of allylic oxidation sites excluding steroid dienone is 1. The number of hydrogen-bond donors (Lipinski definition) is 0. The third-order valence-electron chi connectivity index (χ3n) is 1.94. The van der Waals surface area contributed by atoms with Gasteiger partial charge < -0.3 is 0 Å². The first-order chi connectivity index (χ1) is 6.69. The molecule has 0 aromatic carbocycles. The third-order valence-corrected chi connectivity index (χ3v) is 2.57. The number of halogens is 1. The predicted molar refractivity (Wildman–Crippen MR) is 66.1 cm³/mol. The van der Waals surface area contributed by atoms with E-state index in [2.05, 4.69) is 59.6 Å². The second-order valence-corrected chi connectivity index (χ2v) is 3.93. The van der Waals surface area contributed by atoms with Gasteiger partial charge in [0, 0.05) is 4.47 Å². The lowest BCUT2D eigenvalue weighted by Gasteiger charge is -2.03. The van der Waals surface area contributed by atoms with Crippen LogP contribution >= 0.6 is 15.9 Å². The first kappa shape index (κ1) is 11.2. The van der Waals surface area contributed by atoms with E-state index in [1.165, 1.54) is 5.56 Å². The van der Waals surface area contributed by atoms with Gasteiger partial charge in [0.15, 0.2) is 0 Å². The van der Waals surface area contributed by atoms with Gasteiger partial charge in [-0.2, -0.15) is 0 Å². The Balaban J connectivity index is 3.17. The molecule has 2 heteroatoms. The van der Waals surface area contributed by atoms with Crippen LogP contribution in [0.3, 0.4) is 0 Å². The SMILES string of the molecule is C=Cc1nc(/C=C\CC)c(C)cc1Br. The molecule has 1 aromatic heterocycles. The molecule has 0 aliphatic carbocycles. The molecule has 1 rings (SSSR count). The van der Waals surface area contributed by atoms with Crippen molar-refractivity contribution in [2.75, 3.05) is 0 Å². The Morgan fingerprint density at radius 1 is 1.50 bits per heavy atom. The van der Waals surface area contributed by atoms with Crippen molar-refractivity contribution in [1.82, 2.24) is 4.98 Å². The summed E-state index contributed by atoms with van der Waals surface area (Å²) in [6.07, 6.45) is 6.94. The van der Waals surface area contributed by atoms with Crippen molar-refractivity contribution in [2.45, 2.75) is 20.3 Å². The molecule has 0 amide bonds. The molecule has 0 spiro atoms. The summed E-state index contributed by atoms with van der Waals surface area (Å²) in [4.78, 5) is 4.48. The summed E-state index contributed by atoms with van der Waals surface area (Å²) in [6.45, 7) is 7.89. The van der Waals surface area contributed by atoms with E-state index in [1.807, 2.05) is 0 Å². The number of nitrogens with zero attached hydrogens (tertiary/aromatic N) is 1. The lowest BCUT2D eigenvalue weighted by Crippen LogP contribution is -1.91. The lowest BCUT2D eigenvalue weighted by molar-refractivity contribution is 1.18. The van der Waals surface area contributed by atoms with Crippen LogP contribution in [0.2, 0.25) is 0 Å². The van der Waals surface area contributed by atoms with E-state index in [0.29, 0.717) is 0 Å². The average molecular weight is 252 g/mol. The van der Waals surface area contributed by atoms with Crippen LogP contribution in [0.25, 0.3) is 12.2 Å². The number of pyridine rings is 1. The largest absolute Gasteiger partial charge is 0.248 e. The maximum Gasteiger partial charge on any atom is 0.0773 e. The highest BCUT2D eigenvalue weighted by atomic mass is 79.9. The van der Waals surface area contributed by atoms with Crippen molar-refractivity contribution >= 4 is 28.1 Å². The van der Waals surface area contributed by atoms with Crippen LogP contribution in [-0.4, -0.2) is 4.98 Å². The second-order valence-electron chi connectivity index (χ2n) is 3.07. The Labute approximate surface area is 93.7 Å². The molecule has 0 atom stereocenters. The monoisotopic (exact) mass is 251 g/mol. The molecular weight excluding hydrogens is 238 g/mol. The zero-order chi connectivity index (χ0) is 10.6. The molecule has 0 saturated carbocycles. The van der Waals surface area contributed by atoms with Crippen molar-refractivity contribution in [3.05, 3.63) is 40.1 Å². The molecule has 0 radical (unpaired) electrons. The van der Waals surface area contributed by atoms with E-state index >= 15 is 0 Å². The molecule has 14 heavy (non-hydrogen) atoms. The summed E-state index contributed by atoms with van der Waals surface area (Å²) >= 11 is 3.45. The maximum atomic E-state index is 4.48. The zero-order valence-electron chi connectivity index (χ0n) is 8.55.